The molecule has 1 aliphatic heterocycles. The van der Waals surface area contributed by atoms with Crippen LogP contribution in [-0.2, 0) is 11.2 Å². The Balaban J connectivity index is 2.18. The molecule has 0 aliphatic carbocycles. The summed E-state index contributed by atoms with van der Waals surface area (Å²) in [6.45, 7) is 1.09. The number of nitrogens with one attached hydrogen (secondary N) is 2. The van der Waals surface area contributed by atoms with E-state index in [1.807, 2.05) is 0 Å². The van der Waals surface area contributed by atoms with Gasteiger partial charge in [-0.05, 0) is 24.1 Å². The van der Waals surface area contributed by atoms with Gasteiger partial charge >= 0.3 is 0 Å². The minimum absolute atomic E-state index is 0.0915. The summed E-state index contributed by atoms with van der Waals surface area (Å²) < 4.78 is 0. The molecule has 4 N–H and O–H groups in total. The van der Waals surface area contributed by atoms with E-state index >= 15 is 0 Å². The van der Waals surface area contributed by atoms with Gasteiger partial charge in [-0.2, -0.15) is 0 Å². The SMILES string of the molecule is CCC(CO)(CO)NC(=O)c1ccc2c(c1)NC(=O)C2. The third-order valence-corrected chi connectivity index (χ3v) is 3.66. The molecule has 6 nitrogen and oxygen atoms in total. The van der Waals surface area contributed by atoms with E-state index in [-0.39, 0.29) is 25.0 Å². The van der Waals surface area contributed by atoms with Crippen LogP contribution in [0, 0.1) is 0 Å². The fourth-order valence-electron chi connectivity index (χ4n) is 2.11. The molecule has 0 bridgehead atoms. The van der Waals surface area contributed by atoms with Gasteiger partial charge in [0, 0.05) is 11.3 Å². The molecule has 0 atom stereocenters. The molecule has 0 aromatic heterocycles. The first kappa shape index (κ1) is 14.5. The predicted molar refractivity (Wildman–Crippen MR) is 73.4 cm³/mol. The molecule has 1 aliphatic rings. The molecule has 0 spiro atoms. The maximum Gasteiger partial charge on any atom is 0.251 e. The molecule has 2 rings (SSSR count). The highest BCUT2D eigenvalue weighted by Gasteiger charge is 2.29. The summed E-state index contributed by atoms with van der Waals surface area (Å²) in [6, 6.07) is 4.96. The third kappa shape index (κ3) is 2.66. The molecule has 20 heavy (non-hydrogen) atoms. The van der Waals surface area contributed by atoms with Gasteiger partial charge in [0.25, 0.3) is 5.91 Å². The van der Waals surface area contributed by atoms with Crippen molar-refractivity contribution in [3.05, 3.63) is 29.3 Å². The van der Waals surface area contributed by atoms with Crippen LogP contribution >= 0.6 is 0 Å². The van der Waals surface area contributed by atoms with Gasteiger partial charge in [-0.15, -0.1) is 0 Å². The molecule has 0 saturated heterocycles. The molecule has 2 amide bonds. The predicted octanol–water partition coefficient (Wildman–Crippen LogP) is 0.0444. The monoisotopic (exact) mass is 278 g/mol. The first-order chi connectivity index (χ1) is 9.53. The van der Waals surface area contributed by atoms with E-state index in [0.29, 0.717) is 24.1 Å². The van der Waals surface area contributed by atoms with Crippen LogP contribution in [0.3, 0.4) is 0 Å². The second-order valence-corrected chi connectivity index (χ2v) is 5.00. The number of benzene rings is 1. The maximum atomic E-state index is 12.2. The van der Waals surface area contributed by atoms with Crippen LogP contribution in [-0.4, -0.2) is 40.8 Å². The summed E-state index contributed by atoms with van der Waals surface area (Å²) in [7, 11) is 0. The maximum absolute atomic E-state index is 12.2. The number of hydrogen-bond donors (Lipinski definition) is 4. The number of aliphatic hydroxyl groups is 2. The molecule has 108 valence electrons. The number of aliphatic hydroxyl groups excluding tert-OH is 2. The molecular weight excluding hydrogens is 260 g/mol. The molecule has 0 fully saturated rings. The van der Waals surface area contributed by atoms with Crippen molar-refractivity contribution < 1.29 is 19.8 Å². The topological polar surface area (TPSA) is 98.7 Å². The zero-order chi connectivity index (χ0) is 14.8. The van der Waals surface area contributed by atoms with Crippen molar-refractivity contribution in [3.63, 3.8) is 0 Å². The van der Waals surface area contributed by atoms with E-state index in [4.69, 9.17) is 0 Å². The lowest BCUT2D eigenvalue weighted by Gasteiger charge is -2.29. The van der Waals surface area contributed by atoms with Crippen LogP contribution in [0.2, 0.25) is 0 Å². The fourth-order valence-corrected chi connectivity index (χ4v) is 2.11. The molecule has 1 heterocycles. The minimum Gasteiger partial charge on any atom is -0.394 e. The second-order valence-electron chi connectivity index (χ2n) is 5.00. The van der Waals surface area contributed by atoms with Crippen LogP contribution in [0.1, 0.15) is 29.3 Å². The average Bonchev–Trinajstić information content (AvgIpc) is 2.83. The quantitative estimate of drug-likeness (QED) is 0.611. The standard InChI is InChI=1S/C14H18N2O4/c1-2-14(7-17,8-18)16-13(20)10-4-3-9-6-12(19)15-11(9)5-10/h3-5,17-18H,2,6-8H2,1H3,(H,15,19)(H,16,20). The van der Waals surface area contributed by atoms with Crippen LogP contribution in [0.4, 0.5) is 5.69 Å². The van der Waals surface area contributed by atoms with Crippen LogP contribution in [0.25, 0.3) is 0 Å². The highest BCUT2D eigenvalue weighted by molar-refractivity contribution is 6.02. The van der Waals surface area contributed by atoms with Crippen LogP contribution in [0.15, 0.2) is 18.2 Å². The Morgan fingerprint density at radius 2 is 2.10 bits per heavy atom. The van der Waals surface area contributed by atoms with Crippen molar-refractivity contribution >= 4 is 17.5 Å². The van der Waals surface area contributed by atoms with Crippen LogP contribution in [0.5, 0.6) is 0 Å². The molecule has 6 heteroatoms. The van der Waals surface area contributed by atoms with E-state index in [1.54, 1.807) is 25.1 Å². The fraction of sp³-hybridized carbons (Fsp3) is 0.429. The zero-order valence-corrected chi connectivity index (χ0v) is 11.3. The van der Waals surface area contributed by atoms with Gasteiger partial charge < -0.3 is 20.8 Å². The van der Waals surface area contributed by atoms with Gasteiger partial charge in [0.15, 0.2) is 0 Å². The highest BCUT2D eigenvalue weighted by Crippen LogP contribution is 2.24. The third-order valence-electron chi connectivity index (χ3n) is 3.66. The molecule has 1 aromatic carbocycles. The van der Waals surface area contributed by atoms with Gasteiger partial charge in [-0.25, -0.2) is 0 Å². The first-order valence-electron chi connectivity index (χ1n) is 6.50. The number of fused-ring (bicyclic) bond motifs is 1. The summed E-state index contributed by atoms with van der Waals surface area (Å²) in [5, 5.41) is 24.0. The Morgan fingerprint density at radius 3 is 2.70 bits per heavy atom. The number of amides is 2. The lowest BCUT2D eigenvalue weighted by atomic mass is 9.97. The van der Waals surface area contributed by atoms with Gasteiger partial charge in [-0.1, -0.05) is 13.0 Å². The van der Waals surface area contributed by atoms with E-state index in [1.165, 1.54) is 0 Å². The summed E-state index contributed by atoms with van der Waals surface area (Å²) >= 11 is 0. The normalized spacial score (nSPS) is 13.8. The Morgan fingerprint density at radius 1 is 1.40 bits per heavy atom. The van der Waals surface area contributed by atoms with Crippen LogP contribution < -0.4 is 10.6 Å². The van der Waals surface area contributed by atoms with Crippen molar-refractivity contribution in [1.82, 2.24) is 5.32 Å². The molecule has 0 unspecified atom stereocenters. The van der Waals surface area contributed by atoms with Crippen molar-refractivity contribution in [2.24, 2.45) is 0 Å². The Bertz CT molecular complexity index is 530. The first-order valence-corrected chi connectivity index (χ1v) is 6.50. The minimum atomic E-state index is -1.03. The molecule has 0 saturated carbocycles. The lowest BCUT2D eigenvalue weighted by Crippen LogP contribution is -2.53. The summed E-state index contributed by atoms with van der Waals surface area (Å²) in [6.07, 6.45) is 0.733. The summed E-state index contributed by atoms with van der Waals surface area (Å²) in [5.41, 5.74) is 0.848. The molecular formula is C14H18N2O4. The van der Waals surface area contributed by atoms with E-state index < -0.39 is 5.54 Å². The van der Waals surface area contributed by atoms with Crippen molar-refractivity contribution in [3.8, 4) is 0 Å². The number of carbonyl (C=O) groups is 2. The second kappa shape index (κ2) is 5.60. The Kier molecular flexibility index (Phi) is 4.06. The molecule has 1 aromatic rings. The molecule has 0 radical (unpaired) electrons. The van der Waals surface area contributed by atoms with Gasteiger partial charge in [0.05, 0.1) is 25.2 Å². The lowest BCUT2D eigenvalue weighted by molar-refractivity contribution is -0.115. The Labute approximate surface area is 116 Å². The number of carbonyl (C=O) groups excluding carboxylic acids is 2. The van der Waals surface area contributed by atoms with Gasteiger partial charge in [-0.3, -0.25) is 9.59 Å². The van der Waals surface area contributed by atoms with Crippen molar-refractivity contribution in [2.45, 2.75) is 25.3 Å². The highest BCUT2D eigenvalue weighted by atomic mass is 16.3. The van der Waals surface area contributed by atoms with E-state index in [9.17, 15) is 19.8 Å². The number of rotatable bonds is 5. The number of anilines is 1. The zero-order valence-electron chi connectivity index (χ0n) is 11.3. The largest absolute Gasteiger partial charge is 0.394 e. The Hall–Kier alpha value is -1.92. The number of hydrogen-bond acceptors (Lipinski definition) is 4. The van der Waals surface area contributed by atoms with E-state index in [0.717, 1.165) is 5.56 Å². The van der Waals surface area contributed by atoms with Gasteiger partial charge in [0.1, 0.15) is 0 Å². The smallest absolute Gasteiger partial charge is 0.251 e. The van der Waals surface area contributed by atoms with Gasteiger partial charge in [0.2, 0.25) is 5.91 Å². The van der Waals surface area contributed by atoms with E-state index in [2.05, 4.69) is 10.6 Å². The summed E-state index contributed by atoms with van der Waals surface area (Å²) in [5.74, 6) is -0.481. The van der Waals surface area contributed by atoms with Crippen molar-refractivity contribution in [2.75, 3.05) is 18.5 Å². The van der Waals surface area contributed by atoms with Crippen molar-refractivity contribution in [1.29, 1.82) is 0 Å². The summed E-state index contributed by atoms with van der Waals surface area (Å²) in [4.78, 5) is 23.4. The average molecular weight is 278 g/mol.